The zero-order valence-corrected chi connectivity index (χ0v) is 30.1. The number of methoxy groups -OCH3 is 1. The number of Topliss-reactive ketones (excluding diaryl/α,β-unsaturated/α-hetero) is 1. The number of nitrogens with zero attached hydrogens (tertiary/aromatic N) is 4. The van der Waals surface area contributed by atoms with Crippen LogP contribution >= 0.6 is 11.3 Å². The van der Waals surface area contributed by atoms with E-state index in [0.717, 1.165) is 38.9 Å². The number of rotatable bonds is 17. The Morgan fingerprint density at radius 3 is 2.55 bits per heavy atom. The molecule has 3 aromatic carbocycles. The van der Waals surface area contributed by atoms with E-state index in [1.54, 1.807) is 24.7 Å². The summed E-state index contributed by atoms with van der Waals surface area (Å²) in [5.41, 5.74) is 8.10. The Morgan fingerprint density at radius 1 is 1.08 bits per heavy atom. The van der Waals surface area contributed by atoms with Gasteiger partial charge in [-0.15, -0.1) is 11.3 Å². The first-order chi connectivity index (χ1) is 24.6. The molecule has 5 aromatic rings. The summed E-state index contributed by atoms with van der Waals surface area (Å²) in [5, 5.41) is 16.4. The van der Waals surface area contributed by atoms with E-state index in [1.165, 1.54) is 18.4 Å². The standard InChI is InChI=1S/C40H44N6O4S/c1-4-28(2)36(44-38(48)19-33-22-43-27-46(33)23-30-16-14-29(21-41)15-17-30)25-45(24-32-11-7-10-31-9-5-6-13-35(31)32)26-37(47)40(42,39(49)50-3)20-34-12-8-18-51-34/h5-18,22,27-28,36H,4,19-20,23-26,42H2,1-3H3,(H,44,48)/t28-,36+,40?/m0/s1. The van der Waals surface area contributed by atoms with E-state index in [-0.39, 0.29) is 37.3 Å². The number of hydrogen-bond donors (Lipinski definition) is 2. The molecule has 1 unspecified atom stereocenters. The molecular weight excluding hydrogens is 661 g/mol. The lowest BCUT2D eigenvalue weighted by atomic mass is 9.89. The molecule has 0 aliphatic rings. The first kappa shape index (κ1) is 37.1. The number of amides is 1. The van der Waals surface area contributed by atoms with Crippen LogP contribution in [0.5, 0.6) is 0 Å². The van der Waals surface area contributed by atoms with Crippen LogP contribution in [-0.2, 0) is 45.1 Å². The summed E-state index contributed by atoms with van der Waals surface area (Å²) in [4.78, 5) is 48.0. The van der Waals surface area contributed by atoms with Gasteiger partial charge in [0.05, 0.1) is 38.0 Å². The fourth-order valence-corrected chi connectivity index (χ4v) is 7.03. The van der Waals surface area contributed by atoms with Crippen LogP contribution in [0.2, 0.25) is 0 Å². The summed E-state index contributed by atoms with van der Waals surface area (Å²) in [5.74, 6) is -1.34. The number of carbonyl (C=O) groups is 3. The van der Waals surface area contributed by atoms with E-state index >= 15 is 0 Å². The zero-order valence-electron chi connectivity index (χ0n) is 29.2. The van der Waals surface area contributed by atoms with Gasteiger partial charge in [0.15, 0.2) is 11.3 Å². The van der Waals surface area contributed by atoms with Gasteiger partial charge in [-0.05, 0) is 51.4 Å². The Balaban J connectivity index is 1.38. The third-order valence-electron chi connectivity index (χ3n) is 9.43. The fourth-order valence-electron chi connectivity index (χ4n) is 6.23. The van der Waals surface area contributed by atoms with Crippen LogP contribution in [0.3, 0.4) is 0 Å². The maximum Gasteiger partial charge on any atom is 0.334 e. The Bertz CT molecular complexity index is 1980. The number of thiophene rings is 1. The van der Waals surface area contributed by atoms with Gasteiger partial charge in [0.2, 0.25) is 5.91 Å². The minimum Gasteiger partial charge on any atom is -0.467 e. The molecule has 1 amide bonds. The van der Waals surface area contributed by atoms with Crippen molar-refractivity contribution in [3.63, 3.8) is 0 Å². The topological polar surface area (TPSA) is 143 Å². The highest BCUT2D eigenvalue weighted by Gasteiger charge is 2.44. The molecule has 0 fully saturated rings. The van der Waals surface area contributed by atoms with Crippen LogP contribution in [0.25, 0.3) is 10.8 Å². The number of carbonyl (C=O) groups excluding carboxylic acids is 3. The molecule has 264 valence electrons. The smallest absolute Gasteiger partial charge is 0.334 e. The number of esters is 1. The van der Waals surface area contributed by atoms with Crippen LogP contribution in [0.1, 0.15) is 47.5 Å². The van der Waals surface area contributed by atoms with Crippen molar-refractivity contribution in [3.05, 3.63) is 124 Å². The number of fused-ring (bicyclic) bond motifs is 1. The molecule has 5 rings (SSSR count). The molecule has 0 spiro atoms. The lowest BCUT2D eigenvalue weighted by Gasteiger charge is -2.33. The second kappa shape index (κ2) is 17.2. The third-order valence-corrected chi connectivity index (χ3v) is 10.3. The third kappa shape index (κ3) is 9.35. The molecule has 0 saturated carbocycles. The number of nitriles is 1. The maximum absolute atomic E-state index is 14.2. The Labute approximate surface area is 302 Å². The summed E-state index contributed by atoms with van der Waals surface area (Å²) in [6.07, 6.45) is 4.31. The van der Waals surface area contributed by atoms with Gasteiger partial charge in [0, 0.05) is 48.9 Å². The Hall–Kier alpha value is -5.15. The minimum atomic E-state index is -1.88. The average Bonchev–Trinajstić information content (AvgIpc) is 3.82. The first-order valence-electron chi connectivity index (χ1n) is 17.0. The molecule has 11 heteroatoms. The number of benzene rings is 3. The monoisotopic (exact) mass is 704 g/mol. The van der Waals surface area contributed by atoms with Gasteiger partial charge >= 0.3 is 5.97 Å². The fraction of sp³-hybridized carbons (Fsp3) is 0.325. The largest absolute Gasteiger partial charge is 0.467 e. The van der Waals surface area contributed by atoms with Crippen molar-refractivity contribution in [1.82, 2.24) is 19.8 Å². The molecule has 3 atom stereocenters. The van der Waals surface area contributed by atoms with Gasteiger partial charge in [0.25, 0.3) is 0 Å². The minimum absolute atomic E-state index is 0.0277. The molecule has 2 aromatic heterocycles. The van der Waals surface area contributed by atoms with E-state index in [4.69, 9.17) is 15.7 Å². The van der Waals surface area contributed by atoms with Crippen LogP contribution in [0.4, 0.5) is 0 Å². The molecule has 0 aliphatic heterocycles. The van der Waals surface area contributed by atoms with Crippen LogP contribution in [0, 0.1) is 17.2 Å². The van der Waals surface area contributed by atoms with Gasteiger partial charge in [0.1, 0.15) is 0 Å². The van der Waals surface area contributed by atoms with E-state index < -0.39 is 17.3 Å². The van der Waals surface area contributed by atoms with Crippen molar-refractivity contribution in [3.8, 4) is 6.07 Å². The second-order valence-corrected chi connectivity index (χ2v) is 14.0. The molecule has 2 heterocycles. The summed E-state index contributed by atoms with van der Waals surface area (Å²) in [6, 6.07) is 27.0. The predicted molar refractivity (Wildman–Crippen MR) is 199 cm³/mol. The summed E-state index contributed by atoms with van der Waals surface area (Å²) in [7, 11) is 1.24. The van der Waals surface area contributed by atoms with Gasteiger partial charge in [-0.1, -0.05) is 80.9 Å². The van der Waals surface area contributed by atoms with Crippen molar-refractivity contribution < 1.29 is 19.1 Å². The molecule has 3 N–H and O–H groups in total. The first-order valence-corrected chi connectivity index (χ1v) is 17.9. The van der Waals surface area contributed by atoms with Gasteiger partial charge in [-0.2, -0.15) is 5.26 Å². The summed E-state index contributed by atoms with van der Waals surface area (Å²) < 4.78 is 6.99. The average molecular weight is 705 g/mol. The van der Waals surface area contributed by atoms with E-state index in [1.807, 2.05) is 75.5 Å². The van der Waals surface area contributed by atoms with Crippen LogP contribution in [0.15, 0.2) is 96.8 Å². The van der Waals surface area contributed by atoms with Gasteiger partial charge in [-0.3, -0.25) is 14.5 Å². The van der Waals surface area contributed by atoms with Gasteiger partial charge < -0.3 is 20.4 Å². The molecule has 0 saturated heterocycles. The SMILES string of the molecule is CC[C@H](C)[C@@H](CN(CC(=O)C(N)(Cc1cccs1)C(=O)OC)Cc1cccc2ccccc12)NC(=O)Cc1cncn1Cc1ccc(C#N)cc1. The molecule has 0 bridgehead atoms. The van der Waals surface area contributed by atoms with Crippen LogP contribution < -0.4 is 11.1 Å². The normalized spacial score (nSPS) is 13.6. The molecule has 10 nitrogen and oxygen atoms in total. The Morgan fingerprint density at radius 2 is 1.84 bits per heavy atom. The lowest BCUT2D eigenvalue weighted by molar-refractivity contribution is -0.151. The van der Waals surface area contributed by atoms with Crippen molar-refractivity contribution in [2.75, 3.05) is 20.2 Å². The van der Waals surface area contributed by atoms with Crippen LogP contribution in [-0.4, -0.2) is 63.9 Å². The number of aromatic nitrogens is 2. The molecule has 0 radical (unpaired) electrons. The van der Waals surface area contributed by atoms with Crippen molar-refractivity contribution in [1.29, 1.82) is 5.26 Å². The highest BCUT2D eigenvalue weighted by atomic mass is 32.1. The molecule has 0 aliphatic carbocycles. The quantitative estimate of drug-likeness (QED) is 0.0984. The summed E-state index contributed by atoms with van der Waals surface area (Å²) in [6.45, 7) is 5.27. The van der Waals surface area contributed by atoms with E-state index in [2.05, 4.69) is 36.3 Å². The number of ketones is 1. The summed E-state index contributed by atoms with van der Waals surface area (Å²) >= 11 is 1.43. The van der Waals surface area contributed by atoms with E-state index in [9.17, 15) is 14.4 Å². The number of nitrogens with one attached hydrogen (secondary N) is 1. The molecular formula is C40H44N6O4S. The van der Waals surface area contributed by atoms with Crippen molar-refractivity contribution >= 4 is 39.8 Å². The highest BCUT2D eigenvalue weighted by Crippen LogP contribution is 2.23. The van der Waals surface area contributed by atoms with E-state index in [0.29, 0.717) is 25.2 Å². The number of hydrogen-bond acceptors (Lipinski definition) is 9. The highest BCUT2D eigenvalue weighted by molar-refractivity contribution is 7.09. The van der Waals surface area contributed by atoms with Crippen molar-refractivity contribution in [2.24, 2.45) is 11.7 Å². The number of nitrogens with two attached hydrogens (primary N) is 1. The van der Waals surface area contributed by atoms with Gasteiger partial charge in [-0.25, -0.2) is 9.78 Å². The molecule has 51 heavy (non-hydrogen) atoms. The zero-order chi connectivity index (χ0) is 36.4. The Kier molecular flexibility index (Phi) is 12.5. The number of ether oxygens (including phenoxy) is 1. The van der Waals surface area contributed by atoms with Crippen molar-refractivity contribution in [2.45, 2.75) is 57.8 Å². The number of imidazole rings is 1. The predicted octanol–water partition coefficient (Wildman–Crippen LogP) is 5.28. The lowest BCUT2D eigenvalue weighted by Crippen LogP contribution is -2.60. The second-order valence-electron chi connectivity index (χ2n) is 13.0. The maximum atomic E-state index is 14.2.